The Labute approximate surface area is 82.2 Å². The highest BCUT2D eigenvalue weighted by Crippen LogP contribution is 2.05. The fraction of sp³-hybridized carbons (Fsp3) is 0.273. The van der Waals surface area contributed by atoms with Gasteiger partial charge in [-0.3, -0.25) is 9.78 Å². The number of hydrogen-bond acceptors (Lipinski definition) is 2. The van der Waals surface area contributed by atoms with Crippen LogP contribution in [-0.4, -0.2) is 10.8 Å². The molecule has 0 aliphatic heterocycles. The van der Waals surface area contributed by atoms with Crippen LogP contribution in [0.5, 0.6) is 0 Å². The zero-order valence-corrected chi connectivity index (χ0v) is 7.88. The maximum atomic E-state index is 12.7. The number of hydrogen-bond donors (Lipinski definition) is 0. The Morgan fingerprint density at radius 2 is 2.36 bits per heavy atom. The first-order valence-corrected chi connectivity index (χ1v) is 4.27. The van der Waals surface area contributed by atoms with Gasteiger partial charge in [-0.05, 0) is 13.0 Å². The molecule has 0 fully saturated rings. The smallest absolute Gasteiger partial charge is 0.165 e. The molecule has 0 bridgehead atoms. The van der Waals surface area contributed by atoms with E-state index in [1.807, 2.05) is 0 Å². The summed E-state index contributed by atoms with van der Waals surface area (Å²) in [6.07, 6.45) is 3.26. The average molecular weight is 191 g/mol. The minimum absolute atomic E-state index is 0.125. The van der Waals surface area contributed by atoms with Crippen molar-refractivity contribution in [2.45, 2.75) is 19.8 Å². The standard InChI is InChI=1S/C11H10FNO/c1-2-3-4-5-11(14)9-6-10(12)8-13-7-9/h6-8H,4-5H2,1H3. The van der Waals surface area contributed by atoms with Gasteiger partial charge in [0.1, 0.15) is 5.82 Å². The van der Waals surface area contributed by atoms with Crippen LogP contribution in [0.25, 0.3) is 0 Å². The van der Waals surface area contributed by atoms with Crippen LogP contribution in [0.15, 0.2) is 18.5 Å². The van der Waals surface area contributed by atoms with E-state index in [0.717, 1.165) is 6.20 Å². The van der Waals surface area contributed by atoms with Gasteiger partial charge in [-0.1, -0.05) is 0 Å². The van der Waals surface area contributed by atoms with Crippen molar-refractivity contribution < 1.29 is 9.18 Å². The molecule has 0 unspecified atom stereocenters. The predicted molar refractivity (Wildman–Crippen MR) is 51.2 cm³/mol. The quantitative estimate of drug-likeness (QED) is 0.541. The molecule has 0 saturated heterocycles. The van der Waals surface area contributed by atoms with E-state index in [0.29, 0.717) is 18.4 Å². The van der Waals surface area contributed by atoms with Crippen LogP contribution in [0.2, 0.25) is 0 Å². The third-order valence-electron chi connectivity index (χ3n) is 1.68. The molecule has 2 nitrogen and oxygen atoms in total. The molecule has 0 spiro atoms. The van der Waals surface area contributed by atoms with Crippen LogP contribution in [-0.2, 0) is 0 Å². The van der Waals surface area contributed by atoms with Crippen LogP contribution in [0.1, 0.15) is 30.1 Å². The largest absolute Gasteiger partial charge is 0.294 e. The molecular weight excluding hydrogens is 181 g/mol. The van der Waals surface area contributed by atoms with Gasteiger partial charge in [0.05, 0.1) is 6.20 Å². The van der Waals surface area contributed by atoms with E-state index in [1.54, 1.807) is 6.92 Å². The number of Topliss-reactive ketones (excluding diaryl/α,β-unsaturated/α-hetero) is 1. The second-order valence-corrected chi connectivity index (χ2v) is 2.74. The van der Waals surface area contributed by atoms with Crippen LogP contribution in [0, 0.1) is 17.7 Å². The first kappa shape index (κ1) is 10.4. The predicted octanol–water partition coefficient (Wildman–Crippen LogP) is 2.21. The van der Waals surface area contributed by atoms with Crippen molar-refractivity contribution in [1.82, 2.24) is 4.98 Å². The fourth-order valence-corrected chi connectivity index (χ4v) is 1.01. The topological polar surface area (TPSA) is 30.0 Å². The van der Waals surface area contributed by atoms with Crippen molar-refractivity contribution in [3.05, 3.63) is 29.8 Å². The second-order valence-electron chi connectivity index (χ2n) is 2.74. The van der Waals surface area contributed by atoms with Gasteiger partial charge in [0, 0.05) is 24.6 Å². The summed E-state index contributed by atoms with van der Waals surface area (Å²) < 4.78 is 12.7. The van der Waals surface area contributed by atoms with E-state index in [-0.39, 0.29) is 5.78 Å². The number of rotatable bonds is 3. The highest BCUT2D eigenvalue weighted by Gasteiger charge is 2.05. The molecular formula is C11H10FNO. The first-order valence-electron chi connectivity index (χ1n) is 4.27. The zero-order chi connectivity index (χ0) is 10.4. The van der Waals surface area contributed by atoms with Gasteiger partial charge in [0.15, 0.2) is 5.78 Å². The number of halogens is 1. The Hall–Kier alpha value is -1.69. The number of nitrogens with zero attached hydrogens (tertiary/aromatic N) is 1. The monoisotopic (exact) mass is 191 g/mol. The normalized spacial score (nSPS) is 9.00. The van der Waals surface area contributed by atoms with E-state index < -0.39 is 5.82 Å². The third-order valence-corrected chi connectivity index (χ3v) is 1.68. The van der Waals surface area contributed by atoms with Crippen molar-refractivity contribution in [1.29, 1.82) is 0 Å². The number of carbonyl (C=O) groups is 1. The second kappa shape index (κ2) is 5.13. The summed E-state index contributed by atoms with van der Waals surface area (Å²) in [5, 5.41) is 0. The average Bonchev–Trinajstić information content (AvgIpc) is 2.18. The molecule has 0 radical (unpaired) electrons. The molecule has 0 aliphatic rings. The number of aromatic nitrogens is 1. The van der Waals surface area contributed by atoms with Crippen LogP contribution in [0.3, 0.4) is 0 Å². The molecule has 1 heterocycles. The molecule has 0 amide bonds. The van der Waals surface area contributed by atoms with Gasteiger partial charge in [-0.2, -0.15) is 0 Å². The van der Waals surface area contributed by atoms with Crippen LogP contribution < -0.4 is 0 Å². The molecule has 3 heteroatoms. The minimum atomic E-state index is -0.488. The number of ketones is 1. The summed E-state index contributed by atoms with van der Waals surface area (Å²) in [6, 6.07) is 1.19. The lowest BCUT2D eigenvalue weighted by atomic mass is 10.1. The summed E-state index contributed by atoms with van der Waals surface area (Å²) in [5.74, 6) is 4.86. The lowest BCUT2D eigenvalue weighted by Crippen LogP contribution is -1.99. The summed E-state index contributed by atoms with van der Waals surface area (Å²) >= 11 is 0. The van der Waals surface area contributed by atoms with Crippen LogP contribution in [0.4, 0.5) is 4.39 Å². The summed E-state index contributed by atoms with van der Waals surface area (Å²) in [7, 11) is 0. The minimum Gasteiger partial charge on any atom is -0.294 e. The Kier molecular flexibility index (Phi) is 3.81. The molecule has 72 valence electrons. The molecule has 0 N–H and O–H groups in total. The molecule has 0 saturated carbocycles. The van der Waals surface area contributed by atoms with Gasteiger partial charge in [-0.25, -0.2) is 4.39 Å². The Bertz CT molecular complexity index is 390. The molecule has 0 aromatic carbocycles. The van der Waals surface area contributed by atoms with Crippen molar-refractivity contribution in [2.24, 2.45) is 0 Å². The van der Waals surface area contributed by atoms with Crippen LogP contribution >= 0.6 is 0 Å². The van der Waals surface area contributed by atoms with Crippen molar-refractivity contribution in [2.75, 3.05) is 0 Å². The van der Waals surface area contributed by atoms with Gasteiger partial charge >= 0.3 is 0 Å². The summed E-state index contributed by atoms with van der Waals surface area (Å²) in [5.41, 5.74) is 0.308. The van der Waals surface area contributed by atoms with Gasteiger partial charge in [0.2, 0.25) is 0 Å². The third kappa shape index (κ3) is 2.98. The Morgan fingerprint density at radius 1 is 1.57 bits per heavy atom. The maximum Gasteiger partial charge on any atom is 0.165 e. The van der Waals surface area contributed by atoms with Gasteiger partial charge in [0.25, 0.3) is 0 Å². The lowest BCUT2D eigenvalue weighted by Gasteiger charge is -1.97. The van der Waals surface area contributed by atoms with E-state index in [1.165, 1.54) is 12.3 Å². The molecule has 0 atom stereocenters. The summed E-state index contributed by atoms with van der Waals surface area (Å²) in [4.78, 5) is 15.0. The van der Waals surface area contributed by atoms with Gasteiger partial charge < -0.3 is 0 Å². The molecule has 1 rings (SSSR count). The number of pyridine rings is 1. The molecule has 1 aromatic rings. The maximum absolute atomic E-state index is 12.7. The van der Waals surface area contributed by atoms with Crippen molar-refractivity contribution >= 4 is 5.78 Å². The molecule has 14 heavy (non-hydrogen) atoms. The first-order chi connectivity index (χ1) is 6.74. The zero-order valence-electron chi connectivity index (χ0n) is 7.88. The van der Waals surface area contributed by atoms with Gasteiger partial charge in [-0.15, -0.1) is 11.8 Å². The number of carbonyl (C=O) groups excluding carboxylic acids is 1. The summed E-state index contributed by atoms with van der Waals surface area (Å²) in [6.45, 7) is 1.72. The Balaban J connectivity index is 2.63. The highest BCUT2D eigenvalue weighted by atomic mass is 19.1. The van der Waals surface area contributed by atoms with E-state index in [9.17, 15) is 9.18 Å². The van der Waals surface area contributed by atoms with Crippen molar-refractivity contribution in [3.63, 3.8) is 0 Å². The fourth-order valence-electron chi connectivity index (χ4n) is 1.01. The lowest BCUT2D eigenvalue weighted by molar-refractivity contribution is 0.0983. The molecule has 1 aromatic heterocycles. The SMILES string of the molecule is CC#CCCC(=O)c1cncc(F)c1. The van der Waals surface area contributed by atoms with Crippen molar-refractivity contribution in [3.8, 4) is 11.8 Å². The van der Waals surface area contributed by atoms with E-state index >= 15 is 0 Å². The highest BCUT2D eigenvalue weighted by molar-refractivity contribution is 5.95. The Morgan fingerprint density at radius 3 is 3.00 bits per heavy atom. The molecule has 0 aliphatic carbocycles. The van der Waals surface area contributed by atoms with E-state index in [2.05, 4.69) is 16.8 Å². The van der Waals surface area contributed by atoms with E-state index in [4.69, 9.17) is 0 Å².